The van der Waals surface area contributed by atoms with Gasteiger partial charge in [-0.2, -0.15) is 6.07 Å². The Morgan fingerprint density at radius 1 is 0.967 bits per heavy atom. The molecule has 0 bridgehead atoms. The Bertz CT molecular complexity index is 1240. The predicted molar refractivity (Wildman–Crippen MR) is 120 cm³/mol. The summed E-state index contributed by atoms with van der Waals surface area (Å²) in [7, 11) is -1.19. The molecule has 0 unspecified atom stereocenters. The molecule has 0 aromatic heterocycles. The molecule has 2 aliphatic heterocycles. The third kappa shape index (κ3) is 3.69. The third-order valence-corrected chi connectivity index (χ3v) is 9.67. The van der Waals surface area contributed by atoms with Crippen LogP contribution in [-0.2, 0) is 26.2 Å². The molecular formula is C25H24Cl2NSiZr. The van der Waals surface area contributed by atoms with Crippen LogP contribution in [0.25, 0.3) is 21.5 Å². The molecule has 0 saturated carbocycles. The van der Waals surface area contributed by atoms with E-state index in [2.05, 4.69) is 92.6 Å². The number of benzene rings is 2. The first-order valence-corrected chi connectivity index (χ1v) is 12.8. The number of halogens is 2. The summed E-state index contributed by atoms with van der Waals surface area (Å²) in [4.78, 5) is 4.67. The van der Waals surface area contributed by atoms with Gasteiger partial charge in [0, 0.05) is 11.3 Å². The SMILES string of the molecule is CCC1=NC2=CC=C3C2=C1[Si]3(C)C.Cc1cc2c(ccc3ccccc32)[cH-]1.[Cl-].[Cl-].[Zr+3]. The predicted octanol–water partition coefficient (Wildman–Crippen LogP) is 0.798. The zero-order valence-electron chi connectivity index (χ0n) is 17.7. The summed E-state index contributed by atoms with van der Waals surface area (Å²) in [5.41, 5.74) is 5.47. The smallest absolute Gasteiger partial charge is 1.00 e. The summed E-state index contributed by atoms with van der Waals surface area (Å²) in [5, 5.41) is 8.68. The van der Waals surface area contributed by atoms with Crippen molar-refractivity contribution < 1.29 is 51.0 Å². The van der Waals surface area contributed by atoms with Gasteiger partial charge in [-0.3, -0.25) is 4.99 Å². The van der Waals surface area contributed by atoms with Crippen molar-refractivity contribution >= 4 is 35.3 Å². The average molecular weight is 529 g/mol. The van der Waals surface area contributed by atoms with Crippen molar-refractivity contribution in [2.75, 3.05) is 0 Å². The molecule has 5 heteroatoms. The number of fused-ring (bicyclic) bond motifs is 3. The molecule has 0 spiro atoms. The van der Waals surface area contributed by atoms with Crippen molar-refractivity contribution in [2.24, 2.45) is 4.99 Å². The number of aryl methyl sites for hydroxylation is 1. The second-order valence-electron chi connectivity index (χ2n) is 8.24. The van der Waals surface area contributed by atoms with E-state index in [0.717, 1.165) is 6.42 Å². The first-order chi connectivity index (χ1) is 13.0. The Kier molecular flexibility index (Phi) is 7.68. The van der Waals surface area contributed by atoms with Gasteiger partial charge in [0.05, 0.1) is 5.70 Å². The van der Waals surface area contributed by atoms with Crippen LogP contribution in [0.5, 0.6) is 0 Å². The average Bonchev–Trinajstić information content (AvgIpc) is 3.30. The molecule has 0 saturated heterocycles. The van der Waals surface area contributed by atoms with Crippen LogP contribution >= 0.6 is 0 Å². The van der Waals surface area contributed by atoms with Crippen LogP contribution in [0.2, 0.25) is 13.1 Å². The number of allylic oxidation sites excluding steroid dienone is 4. The first-order valence-electron chi connectivity index (χ1n) is 9.81. The Morgan fingerprint density at radius 3 is 2.43 bits per heavy atom. The Morgan fingerprint density at radius 2 is 1.70 bits per heavy atom. The van der Waals surface area contributed by atoms with Crippen LogP contribution in [0.1, 0.15) is 18.9 Å². The molecule has 0 amide bonds. The zero-order valence-corrected chi connectivity index (χ0v) is 22.7. The van der Waals surface area contributed by atoms with Crippen molar-refractivity contribution in [3.63, 3.8) is 0 Å². The van der Waals surface area contributed by atoms with Gasteiger partial charge in [0.1, 0.15) is 8.07 Å². The van der Waals surface area contributed by atoms with E-state index in [9.17, 15) is 0 Å². The minimum absolute atomic E-state index is 0. The molecule has 1 nitrogen and oxygen atoms in total. The van der Waals surface area contributed by atoms with Crippen LogP contribution in [-0.4, -0.2) is 13.8 Å². The summed E-state index contributed by atoms with van der Waals surface area (Å²) >= 11 is 0. The number of hydrogen-bond acceptors (Lipinski definition) is 1. The first kappa shape index (κ1) is 25.1. The molecule has 0 N–H and O–H groups in total. The van der Waals surface area contributed by atoms with E-state index < -0.39 is 8.07 Å². The van der Waals surface area contributed by atoms with Crippen molar-refractivity contribution in [2.45, 2.75) is 33.4 Å². The number of hydrogen-bond donors (Lipinski definition) is 0. The molecule has 30 heavy (non-hydrogen) atoms. The van der Waals surface area contributed by atoms with Crippen LogP contribution in [0.4, 0.5) is 0 Å². The van der Waals surface area contributed by atoms with Gasteiger partial charge in [-0.05, 0) is 28.3 Å². The van der Waals surface area contributed by atoms with Crippen LogP contribution in [0.3, 0.4) is 0 Å². The van der Waals surface area contributed by atoms with Crippen molar-refractivity contribution in [1.82, 2.24) is 0 Å². The summed E-state index contributed by atoms with van der Waals surface area (Å²) in [6, 6.07) is 17.4. The van der Waals surface area contributed by atoms with E-state index in [4.69, 9.17) is 0 Å². The van der Waals surface area contributed by atoms with Crippen LogP contribution in [0.15, 0.2) is 87.3 Å². The fourth-order valence-corrected chi connectivity index (χ4v) is 8.11. The summed E-state index contributed by atoms with van der Waals surface area (Å²) in [5.74, 6) is 0. The number of rotatable bonds is 1. The zero-order chi connectivity index (χ0) is 18.8. The molecule has 0 fully saturated rings. The molecule has 2 heterocycles. The van der Waals surface area contributed by atoms with E-state index in [1.54, 1.807) is 10.4 Å². The van der Waals surface area contributed by atoms with Crippen molar-refractivity contribution in [1.29, 1.82) is 0 Å². The summed E-state index contributed by atoms with van der Waals surface area (Å²) < 4.78 is 0. The molecule has 0 atom stereocenters. The molecule has 1 aliphatic carbocycles. The van der Waals surface area contributed by atoms with E-state index in [1.165, 1.54) is 44.1 Å². The van der Waals surface area contributed by atoms with E-state index in [1.807, 2.05) is 0 Å². The topological polar surface area (TPSA) is 12.4 Å². The minimum Gasteiger partial charge on any atom is -1.00 e. The minimum atomic E-state index is -1.19. The maximum absolute atomic E-state index is 4.67. The van der Waals surface area contributed by atoms with Gasteiger partial charge in [-0.15, -0.1) is 28.5 Å². The molecule has 151 valence electrons. The quantitative estimate of drug-likeness (QED) is 0.328. The third-order valence-electron chi connectivity index (χ3n) is 6.12. The number of nitrogens with zero attached hydrogens (tertiary/aromatic N) is 1. The van der Waals surface area contributed by atoms with E-state index in [-0.39, 0.29) is 51.0 Å². The van der Waals surface area contributed by atoms with E-state index in [0.29, 0.717) is 0 Å². The Balaban J connectivity index is 0.000000195. The van der Waals surface area contributed by atoms with Gasteiger partial charge < -0.3 is 24.8 Å². The molecule has 3 aliphatic rings. The molecule has 3 aromatic carbocycles. The fourth-order valence-electron chi connectivity index (χ4n) is 4.80. The second-order valence-corrected chi connectivity index (χ2v) is 12.5. The van der Waals surface area contributed by atoms with Crippen LogP contribution < -0.4 is 24.8 Å². The van der Waals surface area contributed by atoms with Gasteiger partial charge in [-0.1, -0.05) is 68.7 Å². The largest absolute Gasteiger partial charge is 3.00 e. The normalized spacial score (nSPS) is 16.7. The summed E-state index contributed by atoms with van der Waals surface area (Å²) in [6.45, 7) is 9.23. The number of aliphatic imine (C=N–C) groups is 1. The molecule has 3 aromatic rings. The van der Waals surface area contributed by atoms with Gasteiger partial charge in [0.2, 0.25) is 0 Å². The van der Waals surface area contributed by atoms with Gasteiger partial charge in [0.25, 0.3) is 0 Å². The van der Waals surface area contributed by atoms with Gasteiger partial charge >= 0.3 is 26.2 Å². The maximum Gasteiger partial charge on any atom is 3.00 e. The van der Waals surface area contributed by atoms with Crippen LogP contribution in [0, 0.1) is 6.92 Å². The molecular weight excluding hydrogens is 504 g/mol. The van der Waals surface area contributed by atoms with Gasteiger partial charge in [0.15, 0.2) is 0 Å². The monoisotopic (exact) mass is 526 g/mol. The van der Waals surface area contributed by atoms with Crippen molar-refractivity contribution in [3.05, 3.63) is 87.9 Å². The Labute approximate surface area is 211 Å². The Hall–Kier alpha value is -1.12. The van der Waals surface area contributed by atoms with E-state index >= 15 is 0 Å². The van der Waals surface area contributed by atoms with Gasteiger partial charge in [-0.25, -0.2) is 0 Å². The molecule has 6 rings (SSSR count). The summed E-state index contributed by atoms with van der Waals surface area (Å²) in [6.07, 6.45) is 5.57. The molecule has 1 radical (unpaired) electrons. The van der Waals surface area contributed by atoms with Crippen molar-refractivity contribution in [3.8, 4) is 0 Å². The maximum atomic E-state index is 4.67. The standard InChI is InChI=1S/C14H11.C11H13NSi.2ClH.Zr/c1-10-8-12-7-6-11-4-2-3-5-13(11)14(12)9-10;1-4-7-11-10-8(12-7)5-6-9(10)13(11,2)3;;;/h2-9H,1H3;5-6H,4H2,1-3H3;2*1H;/q-1;;;;+3/p-2. The second kappa shape index (κ2) is 9.17. The fraction of sp³-hybridized carbons (Fsp3) is 0.200.